The van der Waals surface area contributed by atoms with Crippen molar-refractivity contribution in [3.05, 3.63) is 70.2 Å². The molecule has 0 saturated carbocycles. The van der Waals surface area contributed by atoms with Crippen LogP contribution in [0.4, 0.5) is 0 Å². The SMILES string of the molecule is Cc1ccccc1C1NCCN=C1NCc1ccccc1Cl. The molecule has 0 amide bonds. The Bertz CT molecular complexity index is 682. The number of hydrogen-bond donors (Lipinski definition) is 2. The maximum atomic E-state index is 6.23. The lowest BCUT2D eigenvalue weighted by atomic mass is 9.99. The van der Waals surface area contributed by atoms with E-state index in [4.69, 9.17) is 11.6 Å². The second kappa shape index (κ2) is 6.95. The van der Waals surface area contributed by atoms with Crippen LogP contribution >= 0.6 is 11.6 Å². The van der Waals surface area contributed by atoms with Gasteiger partial charge in [0.15, 0.2) is 0 Å². The van der Waals surface area contributed by atoms with Gasteiger partial charge in [-0.1, -0.05) is 54.1 Å². The van der Waals surface area contributed by atoms with Gasteiger partial charge < -0.3 is 10.6 Å². The maximum absolute atomic E-state index is 6.23. The van der Waals surface area contributed by atoms with Crippen LogP contribution in [-0.2, 0) is 6.54 Å². The van der Waals surface area contributed by atoms with Crippen molar-refractivity contribution in [2.24, 2.45) is 4.99 Å². The molecule has 3 nitrogen and oxygen atoms in total. The molecule has 1 atom stereocenters. The van der Waals surface area contributed by atoms with Gasteiger partial charge in [-0.15, -0.1) is 0 Å². The molecule has 0 spiro atoms. The molecule has 1 heterocycles. The van der Waals surface area contributed by atoms with Gasteiger partial charge in [0.25, 0.3) is 0 Å². The van der Waals surface area contributed by atoms with Crippen LogP contribution in [0.25, 0.3) is 0 Å². The minimum Gasteiger partial charge on any atom is -0.368 e. The van der Waals surface area contributed by atoms with E-state index in [9.17, 15) is 0 Å². The molecule has 0 aromatic heterocycles. The van der Waals surface area contributed by atoms with Gasteiger partial charge in [0.05, 0.1) is 12.6 Å². The van der Waals surface area contributed by atoms with Gasteiger partial charge in [0.2, 0.25) is 0 Å². The summed E-state index contributed by atoms with van der Waals surface area (Å²) in [5.74, 6) is 0.987. The van der Waals surface area contributed by atoms with Gasteiger partial charge in [-0.3, -0.25) is 4.99 Å². The van der Waals surface area contributed by atoms with Gasteiger partial charge in [0, 0.05) is 18.1 Å². The standard InChI is InChI=1S/C18H20ClN3/c1-13-6-2-4-8-15(13)17-18(21-11-10-20-17)22-12-14-7-3-5-9-16(14)19/h2-9,17,20H,10-12H2,1H3,(H,21,22). The van der Waals surface area contributed by atoms with E-state index < -0.39 is 0 Å². The number of nitrogens with one attached hydrogen (secondary N) is 2. The van der Waals surface area contributed by atoms with Crippen molar-refractivity contribution in [1.82, 2.24) is 10.6 Å². The third-order valence-corrected chi connectivity index (χ3v) is 4.30. The highest BCUT2D eigenvalue weighted by Crippen LogP contribution is 2.21. The third kappa shape index (κ3) is 3.32. The van der Waals surface area contributed by atoms with Crippen molar-refractivity contribution in [1.29, 1.82) is 0 Å². The fraction of sp³-hybridized carbons (Fsp3) is 0.278. The number of aryl methyl sites for hydroxylation is 1. The van der Waals surface area contributed by atoms with Gasteiger partial charge in [-0.05, 0) is 29.7 Å². The predicted octanol–water partition coefficient (Wildman–Crippen LogP) is 3.48. The van der Waals surface area contributed by atoms with Crippen LogP contribution in [0.15, 0.2) is 53.5 Å². The first kappa shape index (κ1) is 15.1. The van der Waals surface area contributed by atoms with E-state index in [1.165, 1.54) is 11.1 Å². The summed E-state index contributed by atoms with van der Waals surface area (Å²) in [5, 5.41) is 7.79. The lowest BCUT2D eigenvalue weighted by molar-refractivity contribution is 0.597. The topological polar surface area (TPSA) is 36.4 Å². The monoisotopic (exact) mass is 313 g/mol. The Balaban J connectivity index is 1.78. The first-order chi connectivity index (χ1) is 10.8. The molecule has 1 aliphatic rings. The Morgan fingerprint density at radius 2 is 1.95 bits per heavy atom. The van der Waals surface area contributed by atoms with Gasteiger partial charge in [-0.2, -0.15) is 0 Å². The number of hydrogen-bond acceptors (Lipinski definition) is 3. The van der Waals surface area contributed by atoms with Crippen LogP contribution < -0.4 is 10.6 Å². The fourth-order valence-electron chi connectivity index (χ4n) is 2.73. The number of benzene rings is 2. The molecular weight excluding hydrogens is 294 g/mol. The van der Waals surface area contributed by atoms with Crippen molar-refractivity contribution in [2.75, 3.05) is 13.1 Å². The molecule has 2 N–H and O–H groups in total. The van der Waals surface area contributed by atoms with Crippen LogP contribution in [0.5, 0.6) is 0 Å². The molecule has 22 heavy (non-hydrogen) atoms. The number of amidine groups is 1. The zero-order chi connectivity index (χ0) is 15.4. The first-order valence-corrected chi connectivity index (χ1v) is 7.94. The first-order valence-electron chi connectivity index (χ1n) is 7.56. The van der Waals surface area contributed by atoms with E-state index in [0.717, 1.165) is 29.5 Å². The number of halogens is 1. The molecule has 0 bridgehead atoms. The smallest absolute Gasteiger partial charge is 0.119 e. The Morgan fingerprint density at radius 3 is 2.77 bits per heavy atom. The second-order valence-corrected chi connectivity index (χ2v) is 5.86. The van der Waals surface area contributed by atoms with Crippen LogP contribution in [0.3, 0.4) is 0 Å². The number of nitrogens with zero attached hydrogens (tertiary/aromatic N) is 1. The molecule has 0 radical (unpaired) electrons. The zero-order valence-electron chi connectivity index (χ0n) is 12.6. The summed E-state index contributed by atoms with van der Waals surface area (Å²) in [6.07, 6.45) is 0. The summed E-state index contributed by atoms with van der Waals surface area (Å²) in [5.41, 5.74) is 3.63. The van der Waals surface area contributed by atoms with E-state index in [2.05, 4.69) is 46.8 Å². The van der Waals surface area contributed by atoms with E-state index >= 15 is 0 Å². The Hall–Kier alpha value is -1.84. The maximum Gasteiger partial charge on any atom is 0.119 e. The minimum absolute atomic E-state index is 0.123. The van der Waals surface area contributed by atoms with E-state index in [0.29, 0.717) is 6.54 Å². The molecule has 0 aliphatic carbocycles. The largest absolute Gasteiger partial charge is 0.368 e. The molecule has 0 saturated heterocycles. The molecule has 3 rings (SSSR count). The highest BCUT2D eigenvalue weighted by molar-refractivity contribution is 6.31. The molecule has 114 valence electrons. The van der Waals surface area contributed by atoms with Crippen molar-refractivity contribution in [3.8, 4) is 0 Å². The molecule has 2 aromatic rings. The Kier molecular flexibility index (Phi) is 4.76. The second-order valence-electron chi connectivity index (χ2n) is 5.46. The summed E-state index contributed by atoms with van der Waals surface area (Å²) in [6, 6.07) is 16.5. The predicted molar refractivity (Wildman–Crippen MR) is 92.5 cm³/mol. The lowest BCUT2D eigenvalue weighted by Crippen LogP contribution is -2.42. The normalized spacial score (nSPS) is 17.9. The highest BCUT2D eigenvalue weighted by atomic mass is 35.5. The average molecular weight is 314 g/mol. The quantitative estimate of drug-likeness (QED) is 0.910. The third-order valence-electron chi connectivity index (χ3n) is 3.93. The summed E-state index contributed by atoms with van der Waals surface area (Å²) in [7, 11) is 0. The van der Waals surface area contributed by atoms with E-state index in [-0.39, 0.29) is 6.04 Å². The van der Waals surface area contributed by atoms with Crippen molar-refractivity contribution in [3.63, 3.8) is 0 Å². The Morgan fingerprint density at radius 1 is 1.18 bits per heavy atom. The molecule has 1 unspecified atom stereocenters. The van der Waals surface area contributed by atoms with E-state index in [1.807, 2.05) is 24.3 Å². The zero-order valence-corrected chi connectivity index (χ0v) is 13.4. The van der Waals surface area contributed by atoms with Crippen LogP contribution in [0.1, 0.15) is 22.7 Å². The number of aliphatic imine (C=N–C) groups is 1. The average Bonchev–Trinajstić information content (AvgIpc) is 2.55. The van der Waals surface area contributed by atoms with Crippen molar-refractivity contribution < 1.29 is 0 Å². The minimum atomic E-state index is 0.123. The molecule has 0 fully saturated rings. The van der Waals surface area contributed by atoms with Crippen LogP contribution in [0.2, 0.25) is 5.02 Å². The van der Waals surface area contributed by atoms with Crippen molar-refractivity contribution in [2.45, 2.75) is 19.5 Å². The summed E-state index contributed by atoms with van der Waals surface area (Å²) < 4.78 is 0. The molecular formula is C18H20ClN3. The van der Waals surface area contributed by atoms with Crippen LogP contribution in [-0.4, -0.2) is 18.9 Å². The van der Waals surface area contributed by atoms with Gasteiger partial charge >= 0.3 is 0 Å². The summed E-state index contributed by atoms with van der Waals surface area (Å²) in [4.78, 5) is 4.67. The van der Waals surface area contributed by atoms with Crippen molar-refractivity contribution >= 4 is 17.4 Å². The summed E-state index contributed by atoms with van der Waals surface area (Å²) in [6.45, 7) is 4.52. The Labute approximate surface area is 136 Å². The van der Waals surface area contributed by atoms with Gasteiger partial charge in [-0.25, -0.2) is 0 Å². The molecule has 2 aromatic carbocycles. The van der Waals surface area contributed by atoms with Crippen LogP contribution in [0, 0.1) is 6.92 Å². The highest BCUT2D eigenvalue weighted by Gasteiger charge is 2.21. The van der Waals surface area contributed by atoms with Gasteiger partial charge in [0.1, 0.15) is 5.84 Å². The number of rotatable bonds is 3. The summed E-state index contributed by atoms with van der Waals surface area (Å²) >= 11 is 6.23. The fourth-order valence-corrected chi connectivity index (χ4v) is 2.93. The van der Waals surface area contributed by atoms with E-state index in [1.54, 1.807) is 0 Å². The molecule has 4 heteroatoms. The molecule has 1 aliphatic heterocycles. The lowest BCUT2D eigenvalue weighted by Gasteiger charge is -2.27.